The molecule has 3 aromatic carbocycles. The molecule has 12 heteroatoms. The molecule has 1 N–H and O–H groups in total. The monoisotopic (exact) mass is 695 g/mol. The van der Waals surface area contributed by atoms with E-state index in [2.05, 4.69) is 4.72 Å². The molecule has 0 radical (unpaired) electrons. The van der Waals surface area contributed by atoms with Crippen LogP contribution in [0, 0.1) is 27.7 Å². The highest BCUT2D eigenvalue weighted by Crippen LogP contribution is 2.20. The summed E-state index contributed by atoms with van der Waals surface area (Å²) in [6, 6.07) is 19.2. The molecule has 258 valence electrons. The standard InChI is InChI=1S/C12H19NO2S.2C11H17NO2S/c1-5-13(6-2)16(14,15)12-8-7-10(3)9-11(12)4;1-4-12(5-2)15(13,14)11-8-6-10(3)7-9-11;1-3-4-9-12-15(13,14)11-7-5-10(2)6-8-11/h7-9H,5-6H2,1-4H3;6-9H,4-5H2,1-3H3;5-8,12H,3-4,9H2,1-2H3. The number of sulfonamides is 3. The number of hydrogen-bond donors (Lipinski definition) is 1. The number of nitrogens with one attached hydrogen (secondary N) is 1. The predicted molar refractivity (Wildman–Crippen MR) is 189 cm³/mol. The van der Waals surface area contributed by atoms with Crippen LogP contribution in [0.3, 0.4) is 0 Å². The van der Waals surface area contributed by atoms with Crippen molar-refractivity contribution in [2.45, 2.75) is 89.8 Å². The minimum Gasteiger partial charge on any atom is -0.211 e. The van der Waals surface area contributed by atoms with E-state index in [1.807, 2.05) is 86.6 Å². The van der Waals surface area contributed by atoms with E-state index in [9.17, 15) is 25.3 Å². The van der Waals surface area contributed by atoms with Crippen LogP contribution in [-0.2, 0) is 30.1 Å². The molecule has 3 aromatic rings. The Kier molecular flexibility index (Phi) is 17.3. The summed E-state index contributed by atoms with van der Waals surface area (Å²) in [4.78, 5) is 1.13. The molecular weight excluding hydrogens is 643 g/mol. The van der Waals surface area contributed by atoms with Crippen molar-refractivity contribution in [2.75, 3.05) is 32.7 Å². The highest BCUT2D eigenvalue weighted by molar-refractivity contribution is 7.89. The summed E-state index contributed by atoms with van der Waals surface area (Å²) in [5, 5.41) is 0. The van der Waals surface area contributed by atoms with E-state index in [4.69, 9.17) is 0 Å². The molecule has 0 fully saturated rings. The van der Waals surface area contributed by atoms with Gasteiger partial charge in [0.25, 0.3) is 0 Å². The lowest BCUT2D eigenvalue weighted by Gasteiger charge is -2.19. The van der Waals surface area contributed by atoms with Gasteiger partial charge in [-0.1, -0.05) is 94.1 Å². The molecule has 0 saturated carbocycles. The SMILES string of the molecule is CCCCNS(=O)(=O)c1ccc(C)cc1.CCN(CC)S(=O)(=O)c1ccc(C)cc1.CCN(CC)S(=O)(=O)c1ccc(C)cc1C. The fourth-order valence-electron chi connectivity index (χ4n) is 4.40. The highest BCUT2D eigenvalue weighted by Gasteiger charge is 2.23. The molecule has 0 heterocycles. The molecule has 0 aliphatic carbocycles. The van der Waals surface area contributed by atoms with Crippen LogP contribution in [0.5, 0.6) is 0 Å². The lowest BCUT2D eigenvalue weighted by molar-refractivity contribution is 0.444. The molecule has 0 saturated heterocycles. The van der Waals surface area contributed by atoms with Gasteiger partial charge in [-0.15, -0.1) is 0 Å². The van der Waals surface area contributed by atoms with Gasteiger partial charge in [-0.2, -0.15) is 8.61 Å². The van der Waals surface area contributed by atoms with Crippen molar-refractivity contribution in [2.24, 2.45) is 0 Å². The summed E-state index contributed by atoms with van der Waals surface area (Å²) >= 11 is 0. The first-order chi connectivity index (χ1) is 21.5. The molecule has 3 rings (SSSR count). The number of rotatable bonds is 13. The first-order valence-electron chi connectivity index (χ1n) is 15.7. The van der Waals surface area contributed by atoms with Crippen LogP contribution in [0.25, 0.3) is 0 Å². The Balaban J connectivity index is 0.000000345. The Bertz CT molecular complexity index is 1660. The van der Waals surface area contributed by atoms with Crippen molar-refractivity contribution in [3.63, 3.8) is 0 Å². The summed E-state index contributed by atoms with van der Waals surface area (Å²) in [6.45, 7) is 19.6. The number of unbranched alkanes of at least 4 members (excludes halogenated alkanes) is 1. The van der Waals surface area contributed by atoms with Gasteiger partial charge < -0.3 is 0 Å². The van der Waals surface area contributed by atoms with E-state index in [1.165, 1.54) is 8.61 Å². The Morgan fingerprint density at radius 3 is 1.37 bits per heavy atom. The highest BCUT2D eigenvalue weighted by atomic mass is 32.2. The molecule has 46 heavy (non-hydrogen) atoms. The van der Waals surface area contributed by atoms with E-state index in [0.717, 1.165) is 35.1 Å². The maximum absolute atomic E-state index is 12.3. The molecule has 0 unspecified atom stereocenters. The Morgan fingerprint density at radius 2 is 0.957 bits per heavy atom. The van der Waals surface area contributed by atoms with E-state index in [0.29, 0.717) is 47.4 Å². The number of hydrogen-bond acceptors (Lipinski definition) is 6. The molecule has 9 nitrogen and oxygen atoms in total. The fourth-order valence-corrected chi connectivity index (χ4v) is 8.59. The number of nitrogens with zero attached hydrogens (tertiary/aromatic N) is 2. The van der Waals surface area contributed by atoms with Gasteiger partial charge in [0.1, 0.15) is 0 Å². The zero-order valence-corrected chi connectivity index (χ0v) is 31.3. The molecular formula is C34H53N3O6S3. The van der Waals surface area contributed by atoms with E-state index in [-0.39, 0.29) is 0 Å². The maximum atomic E-state index is 12.3. The molecule has 0 bridgehead atoms. The second-order valence-electron chi connectivity index (χ2n) is 10.8. The first kappa shape index (κ1) is 41.4. The van der Waals surface area contributed by atoms with Gasteiger partial charge in [-0.05, 0) is 70.0 Å². The van der Waals surface area contributed by atoms with Crippen LogP contribution in [-0.4, -0.2) is 66.6 Å². The summed E-state index contributed by atoms with van der Waals surface area (Å²) in [5.41, 5.74) is 4.01. The third kappa shape index (κ3) is 12.2. The van der Waals surface area contributed by atoms with Crippen LogP contribution >= 0.6 is 0 Å². The van der Waals surface area contributed by atoms with Gasteiger partial charge in [0.15, 0.2) is 0 Å². The van der Waals surface area contributed by atoms with Crippen molar-refractivity contribution in [3.05, 3.63) is 89.0 Å². The van der Waals surface area contributed by atoms with E-state index >= 15 is 0 Å². The Hall–Kier alpha value is -2.61. The lowest BCUT2D eigenvalue weighted by Crippen LogP contribution is -2.31. The molecule has 0 atom stereocenters. The number of benzene rings is 3. The molecule has 0 aliphatic rings. The van der Waals surface area contributed by atoms with Crippen LogP contribution in [0.4, 0.5) is 0 Å². The summed E-state index contributed by atoms with van der Waals surface area (Å²) < 4.78 is 77.5. The Labute approximate surface area is 279 Å². The lowest BCUT2D eigenvalue weighted by atomic mass is 10.2. The third-order valence-electron chi connectivity index (χ3n) is 7.17. The minimum atomic E-state index is -3.32. The van der Waals surface area contributed by atoms with Gasteiger partial charge in [-0.3, -0.25) is 0 Å². The van der Waals surface area contributed by atoms with E-state index < -0.39 is 30.1 Å². The normalized spacial score (nSPS) is 11.9. The van der Waals surface area contributed by atoms with Crippen LogP contribution in [0.1, 0.15) is 69.7 Å². The van der Waals surface area contributed by atoms with Crippen molar-refractivity contribution in [1.29, 1.82) is 0 Å². The van der Waals surface area contributed by atoms with Crippen molar-refractivity contribution >= 4 is 30.1 Å². The average Bonchev–Trinajstić information content (AvgIpc) is 2.99. The van der Waals surface area contributed by atoms with Crippen LogP contribution < -0.4 is 4.72 Å². The summed E-state index contributed by atoms with van der Waals surface area (Å²) in [7, 11) is -9.90. The topological polar surface area (TPSA) is 121 Å². The minimum absolute atomic E-state index is 0.337. The predicted octanol–water partition coefficient (Wildman–Crippen LogP) is 6.43. The smallest absolute Gasteiger partial charge is 0.211 e. The zero-order valence-electron chi connectivity index (χ0n) is 28.9. The quantitative estimate of drug-likeness (QED) is 0.206. The Morgan fingerprint density at radius 1 is 0.543 bits per heavy atom. The summed E-state index contributed by atoms with van der Waals surface area (Å²) in [5.74, 6) is 0. The van der Waals surface area contributed by atoms with Crippen molar-refractivity contribution in [1.82, 2.24) is 13.3 Å². The zero-order chi connectivity index (χ0) is 35.1. The fraction of sp³-hybridized carbons (Fsp3) is 0.471. The summed E-state index contributed by atoms with van der Waals surface area (Å²) in [6.07, 6.45) is 1.85. The largest absolute Gasteiger partial charge is 0.243 e. The van der Waals surface area contributed by atoms with Crippen LogP contribution in [0.15, 0.2) is 81.4 Å². The molecule has 0 aromatic heterocycles. The van der Waals surface area contributed by atoms with Crippen LogP contribution in [0.2, 0.25) is 0 Å². The molecule has 0 amide bonds. The van der Waals surface area contributed by atoms with Gasteiger partial charge in [0.05, 0.1) is 14.7 Å². The maximum Gasteiger partial charge on any atom is 0.243 e. The third-order valence-corrected chi connectivity index (χ3v) is 12.9. The second-order valence-corrected chi connectivity index (χ2v) is 16.4. The first-order valence-corrected chi connectivity index (χ1v) is 20.1. The van der Waals surface area contributed by atoms with Gasteiger partial charge >= 0.3 is 0 Å². The second kappa shape index (κ2) is 19.3. The average molecular weight is 696 g/mol. The van der Waals surface area contributed by atoms with Crippen molar-refractivity contribution < 1.29 is 25.3 Å². The number of aryl methyl sites for hydroxylation is 4. The molecule has 0 aliphatic heterocycles. The van der Waals surface area contributed by atoms with Crippen molar-refractivity contribution in [3.8, 4) is 0 Å². The van der Waals surface area contributed by atoms with E-state index in [1.54, 1.807) is 42.5 Å². The molecule has 0 spiro atoms. The van der Waals surface area contributed by atoms with Gasteiger partial charge in [0, 0.05) is 32.7 Å². The van der Waals surface area contributed by atoms with Gasteiger partial charge in [0.2, 0.25) is 30.1 Å². The van der Waals surface area contributed by atoms with Gasteiger partial charge in [-0.25, -0.2) is 30.0 Å².